The Morgan fingerprint density at radius 1 is 1.36 bits per heavy atom. The van der Waals surface area contributed by atoms with Gasteiger partial charge in [-0.25, -0.2) is 0 Å². The van der Waals surface area contributed by atoms with E-state index in [4.69, 9.17) is 5.11 Å². The van der Waals surface area contributed by atoms with Crippen molar-refractivity contribution in [3.8, 4) is 0 Å². The van der Waals surface area contributed by atoms with Gasteiger partial charge in [0.1, 0.15) is 0 Å². The Hall–Kier alpha value is -0.0800. The third-order valence-corrected chi connectivity index (χ3v) is 3.06. The SMILES string of the molecule is CC(CO)CCCNC(C)CC1CC1. The molecule has 1 aliphatic rings. The fourth-order valence-electron chi connectivity index (χ4n) is 1.83. The van der Waals surface area contributed by atoms with Gasteiger partial charge in [-0.2, -0.15) is 0 Å². The summed E-state index contributed by atoms with van der Waals surface area (Å²) < 4.78 is 0. The number of aliphatic hydroxyl groups excluding tert-OH is 1. The van der Waals surface area contributed by atoms with Crippen molar-refractivity contribution in [3.05, 3.63) is 0 Å². The highest BCUT2D eigenvalue weighted by Crippen LogP contribution is 2.33. The van der Waals surface area contributed by atoms with Gasteiger partial charge >= 0.3 is 0 Å². The van der Waals surface area contributed by atoms with Crippen molar-refractivity contribution in [2.24, 2.45) is 11.8 Å². The van der Waals surface area contributed by atoms with Crippen LogP contribution in [0.5, 0.6) is 0 Å². The Balaban J connectivity index is 1.86. The second-order valence-electron chi connectivity index (χ2n) is 4.96. The molecule has 0 saturated heterocycles. The monoisotopic (exact) mass is 199 g/mol. The van der Waals surface area contributed by atoms with E-state index in [9.17, 15) is 0 Å². The zero-order chi connectivity index (χ0) is 10.4. The van der Waals surface area contributed by atoms with E-state index >= 15 is 0 Å². The Bertz CT molecular complexity index is 145. The largest absolute Gasteiger partial charge is 0.396 e. The molecule has 14 heavy (non-hydrogen) atoms. The number of rotatable bonds is 8. The van der Waals surface area contributed by atoms with Crippen molar-refractivity contribution in [3.63, 3.8) is 0 Å². The Morgan fingerprint density at radius 3 is 2.64 bits per heavy atom. The van der Waals surface area contributed by atoms with Crippen molar-refractivity contribution < 1.29 is 5.11 Å². The van der Waals surface area contributed by atoms with Gasteiger partial charge in [0.2, 0.25) is 0 Å². The summed E-state index contributed by atoms with van der Waals surface area (Å²) in [5, 5.41) is 12.4. The summed E-state index contributed by atoms with van der Waals surface area (Å²) in [4.78, 5) is 0. The van der Waals surface area contributed by atoms with Crippen molar-refractivity contribution in [1.29, 1.82) is 0 Å². The Labute approximate surface area is 88.1 Å². The molecule has 0 heterocycles. The summed E-state index contributed by atoms with van der Waals surface area (Å²) in [6.45, 7) is 5.83. The molecule has 2 N–H and O–H groups in total. The van der Waals surface area contributed by atoms with Gasteiger partial charge in [0.05, 0.1) is 0 Å². The summed E-state index contributed by atoms with van der Waals surface area (Å²) in [6, 6.07) is 0.687. The molecule has 1 aliphatic carbocycles. The van der Waals surface area contributed by atoms with Crippen molar-refractivity contribution >= 4 is 0 Å². The average Bonchev–Trinajstić information content (AvgIpc) is 2.95. The summed E-state index contributed by atoms with van der Waals surface area (Å²) in [5.41, 5.74) is 0. The van der Waals surface area contributed by atoms with Gasteiger partial charge in [-0.3, -0.25) is 0 Å². The van der Waals surface area contributed by atoms with Crippen LogP contribution >= 0.6 is 0 Å². The molecule has 0 bridgehead atoms. The molecule has 0 spiro atoms. The number of aliphatic hydroxyl groups is 1. The van der Waals surface area contributed by atoms with Crippen LogP contribution in [0.2, 0.25) is 0 Å². The highest BCUT2D eigenvalue weighted by Gasteiger charge is 2.22. The molecule has 2 heteroatoms. The zero-order valence-corrected chi connectivity index (χ0v) is 9.63. The first-order chi connectivity index (χ1) is 6.72. The highest BCUT2D eigenvalue weighted by atomic mass is 16.3. The predicted octanol–water partition coefficient (Wildman–Crippen LogP) is 2.17. The van der Waals surface area contributed by atoms with Gasteiger partial charge in [0.15, 0.2) is 0 Å². The van der Waals surface area contributed by atoms with Crippen LogP contribution in [0.15, 0.2) is 0 Å². The van der Waals surface area contributed by atoms with Gasteiger partial charge in [0, 0.05) is 12.6 Å². The van der Waals surface area contributed by atoms with Gasteiger partial charge < -0.3 is 10.4 Å². The summed E-state index contributed by atoms with van der Waals surface area (Å²) in [5.74, 6) is 1.49. The molecular formula is C12H25NO. The first kappa shape index (κ1) is 12.0. The van der Waals surface area contributed by atoms with E-state index in [0.29, 0.717) is 18.6 Å². The van der Waals surface area contributed by atoms with Gasteiger partial charge in [0.25, 0.3) is 0 Å². The maximum Gasteiger partial charge on any atom is 0.0456 e. The third-order valence-electron chi connectivity index (χ3n) is 3.06. The highest BCUT2D eigenvalue weighted by molar-refractivity contribution is 4.77. The summed E-state index contributed by atoms with van der Waals surface area (Å²) >= 11 is 0. The average molecular weight is 199 g/mol. The first-order valence-electron chi connectivity index (χ1n) is 6.06. The van der Waals surface area contributed by atoms with Gasteiger partial charge in [-0.05, 0) is 44.6 Å². The molecular weight excluding hydrogens is 174 g/mol. The van der Waals surface area contributed by atoms with Crippen molar-refractivity contribution in [1.82, 2.24) is 5.32 Å². The van der Waals surface area contributed by atoms with Gasteiger partial charge in [-0.1, -0.05) is 19.8 Å². The van der Waals surface area contributed by atoms with E-state index in [1.54, 1.807) is 0 Å². The standard InChI is InChI=1S/C12H25NO/c1-10(9-14)4-3-7-13-11(2)8-12-5-6-12/h10-14H,3-9H2,1-2H3. The topological polar surface area (TPSA) is 32.3 Å². The van der Waals surface area contributed by atoms with Crippen LogP contribution in [-0.2, 0) is 0 Å². The fourth-order valence-corrected chi connectivity index (χ4v) is 1.83. The van der Waals surface area contributed by atoms with Crippen LogP contribution in [0.25, 0.3) is 0 Å². The molecule has 0 aromatic carbocycles. The second kappa shape index (κ2) is 6.41. The smallest absolute Gasteiger partial charge is 0.0456 e. The van der Waals surface area contributed by atoms with Crippen molar-refractivity contribution in [2.45, 2.75) is 52.0 Å². The molecule has 1 saturated carbocycles. The van der Waals surface area contributed by atoms with Crippen LogP contribution in [0, 0.1) is 11.8 Å². The molecule has 0 amide bonds. The lowest BCUT2D eigenvalue weighted by Gasteiger charge is -2.14. The number of hydrogen-bond donors (Lipinski definition) is 2. The molecule has 2 unspecified atom stereocenters. The minimum absolute atomic E-state index is 0.331. The second-order valence-corrected chi connectivity index (χ2v) is 4.96. The minimum Gasteiger partial charge on any atom is -0.396 e. The number of nitrogens with one attached hydrogen (secondary N) is 1. The molecule has 0 aromatic heterocycles. The van der Waals surface area contributed by atoms with Crippen molar-refractivity contribution in [2.75, 3.05) is 13.2 Å². The molecule has 2 atom stereocenters. The van der Waals surface area contributed by atoms with E-state index in [-0.39, 0.29) is 0 Å². The van der Waals surface area contributed by atoms with Gasteiger partial charge in [-0.15, -0.1) is 0 Å². The minimum atomic E-state index is 0.331. The molecule has 0 aromatic rings. The molecule has 0 aliphatic heterocycles. The summed E-state index contributed by atoms with van der Waals surface area (Å²) in [6.07, 6.45) is 6.59. The Kier molecular flexibility index (Phi) is 5.49. The lowest BCUT2D eigenvalue weighted by Crippen LogP contribution is -2.27. The van der Waals surface area contributed by atoms with E-state index in [1.165, 1.54) is 25.7 Å². The molecule has 84 valence electrons. The Morgan fingerprint density at radius 2 is 2.07 bits per heavy atom. The maximum atomic E-state index is 8.85. The lowest BCUT2D eigenvalue weighted by atomic mass is 10.1. The number of hydrogen-bond acceptors (Lipinski definition) is 2. The van der Waals surface area contributed by atoms with E-state index < -0.39 is 0 Å². The third kappa shape index (κ3) is 5.61. The first-order valence-corrected chi connectivity index (χ1v) is 6.06. The van der Waals surface area contributed by atoms with Crippen LogP contribution in [0.3, 0.4) is 0 Å². The van der Waals surface area contributed by atoms with Crippen LogP contribution < -0.4 is 5.32 Å². The lowest BCUT2D eigenvalue weighted by molar-refractivity contribution is 0.227. The van der Waals surface area contributed by atoms with Crippen LogP contribution in [-0.4, -0.2) is 24.3 Å². The van der Waals surface area contributed by atoms with E-state index in [1.807, 2.05) is 0 Å². The maximum absolute atomic E-state index is 8.85. The van der Waals surface area contributed by atoms with Crippen LogP contribution in [0.4, 0.5) is 0 Å². The summed E-state index contributed by atoms with van der Waals surface area (Å²) in [7, 11) is 0. The normalized spacial score (nSPS) is 20.8. The zero-order valence-electron chi connectivity index (χ0n) is 9.63. The quantitative estimate of drug-likeness (QED) is 0.587. The molecule has 1 rings (SSSR count). The van der Waals surface area contributed by atoms with E-state index in [2.05, 4.69) is 19.2 Å². The fraction of sp³-hybridized carbons (Fsp3) is 1.00. The molecule has 1 fully saturated rings. The molecule has 2 nitrogen and oxygen atoms in total. The van der Waals surface area contributed by atoms with E-state index in [0.717, 1.165) is 18.9 Å². The predicted molar refractivity (Wildman–Crippen MR) is 60.3 cm³/mol. The molecule has 0 radical (unpaired) electrons. The van der Waals surface area contributed by atoms with Crippen LogP contribution in [0.1, 0.15) is 46.0 Å².